The number of allylic oxidation sites excluding steroid dienone is 1. The molecular formula is C22H17F2N5O. The maximum absolute atomic E-state index is 14.3. The van der Waals surface area contributed by atoms with Gasteiger partial charge in [0.25, 0.3) is 5.91 Å². The highest BCUT2D eigenvalue weighted by Crippen LogP contribution is 2.28. The number of hydrogen-bond donors (Lipinski definition) is 1. The first kappa shape index (κ1) is 19.5. The Morgan fingerprint density at radius 2 is 2.00 bits per heavy atom. The Labute approximate surface area is 171 Å². The van der Waals surface area contributed by atoms with E-state index in [1.54, 1.807) is 37.3 Å². The normalized spacial score (nSPS) is 18.1. The van der Waals surface area contributed by atoms with Gasteiger partial charge in [-0.3, -0.25) is 9.79 Å². The quantitative estimate of drug-likeness (QED) is 0.842. The number of amides is 1. The average Bonchev–Trinajstić information content (AvgIpc) is 2.73. The first-order chi connectivity index (χ1) is 14.4. The van der Waals surface area contributed by atoms with Gasteiger partial charge in [-0.1, -0.05) is 0 Å². The molecule has 4 rings (SSSR count). The van der Waals surface area contributed by atoms with Gasteiger partial charge in [0.2, 0.25) is 0 Å². The number of rotatable bonds is 4. The van der Waals surface area contributed by atoms with Crippen LogP contribution in [-0.2, 0) is 4.79 Å². The number of halogens is 2. The van der Waals surface area contributed by atoms with Crippen LogP contribution < -0.4 is 5.32 Å². The van der Waals surface area contributed by atoms with E-state index in [0.29, 0.717) is 29.1 Å². The van der Waals surface area contributed by atoms with Crippen molar-refractivity contribution < 1.29 is 13.6 Å². The van der Waals surface area contributed by atoms with Crippen LogP contribution in [0.3, 0.4) is 0 Å². The maximum Gasteiger partial charge on any atom is 0.250 e. The summed E-state index contributed by atoms with van der Waals surface area (Å²) in [5, 5.41) is 17.6. The summed E-state index contributed by atoms with van der Waals surface area (Å²) in [6.45, 7) is 2.02. The molecule has 2 aliphatic rings. The molecule has 1 amide bonds. The van der Waals surface area contributed by atoms with Crippen molar-refractivity contribution in [3.05, 3.63) is 71.3 Å². The van der Waals surface area contributed by atoms with Crippen molar-refractivity contribution in [1.82, 2.24) is 5.01 Å². The fourth-order valence-corrected chi connectivity index (χ4v) is 3.37. The minimum atomic E-state index is -0.696. The molecule has 30 heavy (non-hydrogen) atoms. The van der Waals surface area contributed by atoms with Crippen LogP contribution in [0.25, 0.3) is 5.57 Å². The van der Waals surface area contributed by atoms with Crippen LogP contribution in [0.1, 0.15) is 24.5 Å². The van der Waals surface area contributed by atoms with Crippen molar-refractivity contribution in [2.45, 2.75) is 19.5 Å². The molecule has 0 saturated heterocycles. The third-order valence-corrected chi connectivity index (χ3v) is 4.87. The lowest BCUT2D eigenvalue weighted by Crippen LogP contribution is -2.43. The number of nitrogens with one attached hydrogen (secondary N) is 1. The largest absolute Gasteiger partial charge is 0.380 e. The molecule has 6 nitrogen and oxygen atoms in total. The zero-order chi connectivity index (χ0) is 21.3. The molecule has 2 aromatic rings. The van der Waals surface area contributed by atoms with Crippen LogP contribution >= 0.6 is 0 Å². The Kier molecular flexibility index (Phi) is 5.11. The lowest BCUT2D eigenvalue weighted by atomic mass is 9.98. The second-order valence-corrected chi connectivity index (χ2v) is 6.96. The molecule has 2 heterocycles. The third-order valence-electron chi connectivity index (χ3n) is 4.87. The Bertz CT molecular complexity index is 1150. The highest BCUT2D eigenvalue weighted by Gasteiger charge is 2.32. The molecule has 150 valence electrons. The average molecular weight is 405 g/mol. The third kappa shape index (κ3) is 3.82. The highest BCUT2D eigenvalue weighted by atomic mass is 19.1. The van der Waals surface area contributed by atoms with Crippen LogP contribution in [0, 0.1) is 23.0 Å². The summed E-state index contributed by atoms with van der Waals surface area (Å²) in [6, 6.07) is 12.4. The number of benzene rings is 2. The molecule has 1 unspecified atom stereocenters. The maximum atomic E-state index is 14.3. The summed E-state index contributed by atoms with van der Waals surface area (Å²) in [6.07, 6.45) is 1.09. The fourth-order valence-electron chi connectivity index (χ4n) is 3.37. The molecule has 0 saturated carbocycles. The molecule has 8 heteroatoms. The summed E-state index contributed by atoms with van der Waals surface area (Å²) < 4.78 is 27.5. The van der Waals surface area contributed by atoms with Crippen LogP contribution in [-0.4, -0.2) is 35.0 Å². The van der Waals surface area contributed by atoms with Gasteiger partial charge >= 0.3 is 0 Å². The van der Waals surface area contributed by atoms with Crippen molar-refractivity contribution >= 4 is 28.6 Å². The standard InChI is InChI=1S/C22H17F2N5O/c1-13-19(18-7-4-15(23)8-20(18)24)10-21-27-17(9-22(30)29(21)28-13)12-26-16-5-2-14(11-25)3-6-16/h2-8,10,21,26H,9,12H2,1H3. The minimum absolute atomic E-state index is 0.116. The van der Waals surface area contributed by atoms with Gasteiger partial charge in [-0.15, -0.1) is 0 Å². The molecule has 0 fully saturated rings. The van der Waals surface area contributed by atoms with E-state index in [0.717, 1.165) is 11.8 Å². The van der Waals surface area contributed by atoms with Crippen molar-refractivity contribution in [3.8, 4) is 6.07 Å². The summed E-state index contributed by atoms with van der Waals surface area (Å²) in [4.78, 5) is 17.1. The van der Waals surface area contributed by atoms with Crippen LogP contribution in [0.4, 0.5) is 14.5 Å². The van der Waals surface area contributed by atoms with E-state index in [1.165, 1.54) is 17.1 Å². The van der Waals surface area contributed by atoms with Crippen molar-refractivity contribution in [1.29, 1.82) is 5.26 Å². The number of nitrogens with zero attached hydrogens (tertiary/aromatic N) is 4. The second kappa shape index (κ2) is 7.87. The molecular weight excluding hydrogens is 388 g/mol. The number of aliphatic imine (C=N–C) groups is 1. The lowest BCUT2D eigenvalue weighted by Gasteiger charge is -2.32. The highest BCUT2D eigenvalue weighted by molar-refractivity contribution is 6.24. The topological polar surface area (TPSA) is 80.9 Å². The molecule has 2 aliphatic heterocycles. The molecule has 0 aromatic heterocycles. The van der Waals surface area contributed by atoms with E-state index in [1.807, 2.05) is 0 Å². The number of carbonyl (C=O) groups is 1. The van der Waals surface area contributed by atoms with Crippen LogP contribution in [0.5, 0.6) is 0 Å². The summed E-state index contributed by atoms with van der Waals surface area (Å²) in [5.74, 6) is -1.56. The van der Waals surface area contributed by atoms with Crippen molar-refractivity contribution in [3.63, 3.8) is 0 Å². The van der Waals surface area contributed by atoms with Gasteiger partial charge in [0.05, 0.1) is 30.3 Å². The number of nitriles is 1. The lowest BCUT2D eigenvalue weighted by molar-refractivity contribution is -0.131. The number of hydrazone groups is 1. The van der Waals surface area contributed by atoms with E-state index in [2.05, 4.69) is 21.5 Å². The van der Waals surface area contributed by atoms with E-state index in [4.69, 9.17) is 5.26 Å². The fraction of sp³-hybridized carbons (Fsp3) is 0.182. The Balaban J connectivity index is 1.57. The number of fused-ring (bicyclic) bond motifs is 1. The van der Waals surface area contributed by atoms with E-state index in [9.17, 15) is 13.6 Å². The van der Waals surface area contributed by atoms with Crippen LogP contribution in [0.2, 0.25) is 0 Å². The van der Waals surface area contributed by atoms with Gasteiger partial charge in [0.1, 0.15) is 11.6 Å². The minimum Gasteiger partial charge on any atom is -0.380 e. The van der Waals surface area contributed by atoms with Crippen molar-refractivity contribution in [2.75, 3.05) is 11.9 Å². The SMILES string of the molecule is CC1=NN2C(=O)CC(CNc3ccc(C#N)cc3)=NC2C=C1c1ccc(F)cc1F. The van der Waals surface area contributed by atoms with Gasteiger partial charge in [0.15, 0.2) is 6.17 Å². The molecule has 0 bridgehead atoms. The van der Waals surface area contributed by atoms with Gasteiger partial charge in [0, 0.05) is 28.6 Å². The Morgan fingerprint density at radius 3 is 2.70 bits per heavy atom. The number of hydrogen-bond acceptors (Lipinski definition) is 5. The van der Waals surface area contributed by atoms with E-state index < -0.39 is 17.8 Å². The molecule has 1 atom stereocenters. The van der Waals surface area contributed by atoms with Crippen LogP contribution in [0.15, 0.2) is 58.6 Å². The predicted molar refractivity (Wildman–Crippen MR) is 110 cm³/mol. The Morgan fingerprint density at radius 1 is 1.23 bits per heavy atom. The van der Waals surface area contributed by atoms with Gasteiger partial charge in [-0.05, 0) is 49.4 Å². The van der Waals surface area contributed by atoms with E-state index >= 15 is 0 Å². The summed E-state index contributed by atoms with van der Waals surface area (Å²) >= 11 is 0. The van der Waals surface area contributed by atoms with Gasteiger partial charge in [-0.25, -0.2) is 13.8 Å². The Hall–Kier alpha value is -3.86. The van der Waals surface area contributed by atoms with Gasteiger partial charge < -0.3 is 5.32 Å². The molecule has 2 aromatic carbocycles. The zero-order valence-corrected chi connectivity index (χ0v) is 16.1. The number of carbonyl (C=O) groups excluding carboxylic acids is 1. The summed E-state index contributed by atoms with van der Waals surface area (Å²) in [5.41, 5.74) is 3.14. The molecule has 0 radical (unpaired) electrons. The van der Waals surface area contributed by atoms with Crippen molar-refractivity contribution in [2.24, 2.45) is 10.1 Å². The number of anilines is 1. The second-order valence-electron chi connectivity index (χ2n) is 6.96. The van der Waals surface area contributed by atoms with Gasteiger partial charge in [-0.2, -0.15) is 10.4 Å². The monoisotopic (exact) mass is 405 g/mol. The molecule has 0 aliphatic carbocycles. The predicted octanol–water partition coefficient (Wildman–Crippen LogP) is 3.72. The smallest absolute Gasteiger partial charge is 0.250 e. The zero-order valence-electron chi connectivity index (χ0n) is 16.1. The summed E-state index contributed by atoms with van der Waals surface area (Å²) in [7, 11) is 0. The molecule has 1 N–H and O–H groups in total. The first-order valence-corrected chi connectivity index (χ1v) is 9.29. The molecule has 0 spiro atoms. The van der Waals surface area contributed by atoms with E-state index in [-0.39, 0.29) is 17.9 Å². The first-order valence-electron chi connectivity index (χ1n) is 9.29.